The highest BCUT2D eigenvalue weighted by Gasteiger charge is 2.13. The van der Waals surface area contributed by atoms with Crippen LogP contribution in [0.4, 0.5) is 5.69 Å². The number of rotatable bonds is 6. The van der Waals surface area contributed by atoms with Crippen LogP contribution in [0, 0.1) is 0 Å². The zero-order valence-electron chi connectivity index (χ0n) is 20.8. The maximum atomic E-state index is 12.7. The third kappa shape index (κ3) is 5.49. The van der Waals surface area contributed by atoms with Gasteiger partial charge >= 0.3 is 0 Å². The fourth-order valence-corrected chi connectivity index (χ4v) is 4.52. The Balaban J connectivity index is 1.10. The first-order valence-corrected chi connectivity index (χ1v) is 12.8. The second-order valence-electron chi connectivity index (χ2n) is 8.94. The minimum absolute atomic E-state index is 0.182. The van der Waals surface area contributed by atoms with Crippen LogP contribution in [0.1, 0.15) is 15.9 Å². The summed E-state index contributed by atoms with van der Waals surface area (Å²) in [4.78, 5) is 17.4. The molecule has 0 atom stereocenters. The van der Waals surface area contributed by atoms with Gasteiger partial charge in [0, 0.05) is 16.8 Å². The molecule has 190 valence electrons. The molecular weight excluding hydrogens is 506 g/mol. The fourth-order valence-electron chi connectivity index (χ4n) is 4.31. The Morgan fingerprint density at radius 3 is 2.46 bits per heavy atom. The summed E-state index contributed by atoms with van der Waals surface area (Å²) in [7, 11) is 0. The smallest absolute Gasteiger partial charge is 0.257 e. The molecule has 0 spiro atoms. The number of amides is 1. The summed E-state index contributed by atoms with van der Waals surface area (Å²) in [5, 5.41) is 8.15. The quantitative estimate of drug-likeness (QED) is 0.220. The number of nitrogens with zero attached hydrogens (tertiary/aromatic N) is 1. The second-order valence-corrected chi connectivity index (χ2v) is 9.34. The van der Waals surface area contributed by atoms with E-state index in [2.05, 4.69) is 28.8 Å². The highest BCUT2D eigenvalue weighted by molar-refractivity contribution is 7.80. The highest BCUT2D eigenvalue weighted by Crippen LogP contribution is 2.31. The number of carbonyl (C=O) groups excluding carboxylic acids is 1. The van der Waals surface area contributed by atoms with Crippen molar-refractivity contribution in [3.8, 4) is 17.2 Å². The number of nitrogens with one attached hydrogen (secondary N) is 2. The van der Waals surface area contributed by atoms with Crippen molar-refractivity contribution in [2.75, 3.05) is 5.32 Å². The first-order chi connectivity index (χ1) is 19.1. The average Bonchev–Trinajstić information content (AvgIpc) is 3.40. The summed E-state index contributed by atoms with van der Waals surface area (Å²) in [6, 6.07) is 36.5. The van der Waals surface area contributed by atoms with Crippen LogP contribution in [0.2, 0.25) is 0 Å². The molecule has 0 radical (unpaired) electrons. The molecule has 0 aliphatic rings. The molecule has 0 fully saturated rings. The Bertz CT molecular complexity index is 1790. The molecule has 39 heavy (non-hydrogen) atoms. The molecule has 5 aromatic carbocycles. The van der Waals surface area contributed by atoms with Crippen LogP contribution in [0.15, 0.2) is 120 Å². The summed E-state index contributed by atoms with van der Waals surface area (Å²) in [5.74, 6) is 0.911. The van der Waals surface area contributed by atoms with Crippen molar-refractivity contribution in [3.63, 3.8) is 0 Å². The Morgan fingerprint density at radius 2 is 1.62 bits per heavy atom. The van der Waals surface area contributed by atoms with Crippen LogP contribution in [0.5, 0.6) is 5.75 Å². The van der Waals surface area contributed by atoms with Crippen molar-refractivity contribution in [3.05, 3.63) is 126 Å². The molecular formula is C32H23N3O3S. The van der Waals surface area contributed by atoms with E-state index in [4.69, 9.17) is 26.4 Å². The third-order valence-electron chi connectivity index (χ3n) is 6.26. The van der Waals surface area contributed by atoms with E-state index in [0.717, 1.165) is 21.9 Å². The number of fused-ring (bicyclic) bond motifs is 2. The van der Waals surface area contributed by atoms with Crippen molar-refractivity contribution in [1.82, 2.24) is 10.3 Å². The van der Waals surface area contributed by atoms with E-state index < -0.39 is 0 Å². The van der Waals surface area contributed by atoms with Gasteiger partial charge in [-0.05, 0) is 77.1 Å². The maximum absolute atomic E-state index is 12.7. The van der Waals surface area contributed by atoms with E-state index >= 15 is 0 Å². The van der Waals surface area contributed by atoms with Gasteiger partial charge < -0.3 is 14.5 Å². The van der Waals surface area contributed by atoms with Crippen molar-refractivity contribution in [1.29, 1.82) is 0 Å². The van der Waals surface area contributed by atoms with Crippen LogP contribution >= 0.6 is 12.2 Å². The molecule has 6 nitrogen and oxygen atoms in total. The first-order valence-electron chi connectivity index (χ1n) is 12.4. The van der Waals surface area contributed by atoms with Crippen LogP contribution in [0.25, 0.3) is 33.3 Å². The van der Waals surface area contributed by atoms with Gasteiger partial charge in [0.25, 0.3) is 5.91 Å². The molecule has 0 aliphatic carbocycles. The van der Waals surface area contributed by atoms with E-state index in [1.165, 1.54) is 0 Å². The van der Waals surface area contributed by atoms with Crippen molar-refractivity contribution < 1.29 is 13.9 Å². The van der Waals surface area contributed by atoms with Gasteiger partial charge in [-0.2, -0.15) is 0 Å². The molecule has 0 saturated heterocycles. The van der Waals surface area contributed by atoms with E-state index in [9.17, 15) is 4.79 Å². The molecule has 1 aromatic heterocycles. The van der Waals surface area contributed by atoms with Gasteiger partial charge in [-0.25, -0.2) is 4.98 Å². The summed E-state index contributed by atoms with van der Waals surface area (Å²) < 4.78 is 11.8. The largest absolute Gasteiger partial charge is 0.489 e. The monoisotopic (exact) mass is 529 g/mol. The Hall–Kier alpha value is -5.01. The number of oxazole rings is 1. The van der Waals surface area contributed by atoms with E-state index in [-0.39, 0.29) is 11.0 Å². The van der Waals surface area contributed by atoms with Gasteiger partial charge in [0.15, 0.2) is 10.7 Å². The summed E-state index contributed by atoms with van der Waals surface area (Å²) >= 11 is 5.38. The predicted molar refractivity (Wildman–Crippen MR) is 158 cm³/mol. The van der Waals surface area contributed by atoms with Gasteiger partial charge in [-0.15, -0.1) is 0 Å². The minimum atomic E-state index is -0.317. The summed E-state index contributed by atoms with van der Waals surface area (Å²) in [6.07, 6.45) is 0. The van der Waals surface area contributed by atoms with E-state index in [0.29, 0.717) is 40.6 Å². The lowest BCUT2D eigenvalue weighted by Gasteiger charge is -2.10. The number of thiocarbonyl (C=S) groups is 1. The highest BCUT2D eigenvalue weighted by atomic mass is 32.1. The molecule has 7 heteroatoms. The van der Waals surface area contributed by atoms with Gasteiger partial charge in [0.2, 0.25) is 5.89 Å². The maximum Gasteiger partial charge on any atom is 0.257 e. The number of ether oxygens (including phenoxy) is 1. The predicted octanol–water partition coefficient (Wildman–Crippen LogP) is 7.35. The SMILES string of the molecule is O=C(NC(=S)Nc1ccc2oc(-c3cccc4ccccc34)nc2c1)c1ccc(OCc2ccccc2)cc1. The number of anilines is 1. The van der Waals surface area contributed by atoms with E-state index in [1.807, 2.05) is 72.8 Å². The lowest BCUT2D eigenvalue weighted by atomic mass is 10.0. The molecule has 0 aliphatic heterocycles. The lowest BCUT2D eigenvalue weighted by molar-refractivity contribution is 0.0977. The lowest BCUT2D eigenvalue weighted by Crippen LogP contribution is -2.34. The van der Waals surface area contributed by atoms with Gasteiger partial charge in [0.05, 0.1) is 0 Å². The number of aromatic nitrogens is 1. The third-order valence-corrected chi connectivity index (χ3v) is 6.46. The van der Waals surface area contributed by atoms with Gasteiger partial charge in [-0.1, -0.05) is 66.7 Å². The second kappa shape index (κ2) is 10.8. The molecule has 6 rings (SSSR count). The van der Waals surface area contributed by atoms with Crippen LogP contribution < -0.4 is 15.4 Å². The summed E-state index contributed by atoms with van der Waals surface area (Å²) in [5.41, 5.74) is 4.51. The Labute approximate surface area is 230 Å². The molecule has 0 saturated carbocycles. The Morgan fingerprint density at radius 1 is 0.846 bits per heavy atom. The number of carbonyl (C=O) groups is 1. The minimum Gasteiger partial charge on any atom is -0.489 e. The number of benzene rings is 5. The molecule has 2 N–H and O–H groups in total. The number of hydrogen-bond acceptors (Lipinski definition) is 5. The first kappa shape index (κ1) is 24.3. The normalized spacial score (nSPS) is 10.9. The molecule has 1 amide bonds. The topological polar surface area (TPSA) is 76.4 Å². The molecule has 1 heterocycles. The van der Waals surface area contributed by atoms with Crippen molar-refractivity contribution >= 4 is 50.8 Å². The van der Waals surface area contributed by atoms with Crippen LogP contribution in [0.3, 0.4) is 0 Å². The Kier molecular flexibility index (Phi) is 6.72. The zero-order chi connectivity index (χ0) is 26.6. The van der Waals surface area contributed by atoms with Crippen molar-refractivity contribution in [2.45, 2.75) is 6.61 Å². The van der Waals surface area contributed by atoms with Crippen LogP contribution in [-0.4, -0.2) is 16.0 Å². The number of hydrogen-bond donors (Lipinski definition) is 2. The van der Waals surface area contributed by atoms with E-state index in [1.54, 1.807) is 24.3 Å². The fraction of sp³-hybridized carbons (Fsp3) is 0.0312. The van der Waals surface area contributed by atoms with Gasteiger partial charge in [0.1, 0.15) is 17.9 Å². The van der Waals surface area contributed by atoms with Crippen LogP contribution in [-0.2, 0) is 6.61 Å². The molecule has 0 bridgehead atoms. The molecule has 6 aromatic rings. The average molecular weight is 530 g/mol. The standard InChI is InChI=1S/C32H23N3O3S/c36-30(23-13-16-25(17-14-23)37-20-21-7-2-1-3-8-21)35-32(39)33-24-15-18-29-28(19-24)34-31(38-29)27-12-6-10-22-9-4-5-11-26(22)27/h1-19H,20H2,(H2,33,35,36,39). The molecule has 0 unspecified atom stereocenters. The summed E-state index contributed by atoms with van der Waals surface area (Å²) in [6.45, 7) is 0.458. The van der Waals surface area contributed by atoms with Gasteiger partial charge in [-0.3, -0.25) is 10.1 Å². The van der Waals surface area contributed by atoms with Crippen molar-refractivity contribution in [2.24, 2.45) is 0 Å². The zero-order valence-corrected chi connectivity index (χ0v) is 21.6.